The van der Waals surface area contributed by atoms with Crippen LogP contribution in [0.1, 0.15) is 66.9 Å². The molecule has 0 spiro atoms. The molecule has 0 bridgehead atoms. The van der Waals surface area contributed by atoms with E-state index in [9.17, 15) is 4.79 Å². The van der Waals surface area contributed by atoms with Gasteiger partial charge in [-0.2, -0.15) is 0 Å². The lowest BCUT2D eigenvalue weighted by Crippen LogP contribution is -2.67. The lowest BCUT2D eigenvalue weighted by Gasteiger charge is -2.44. The van der Waals surface area contributed by atoms with Gasteiger partial charge in [-0.05, 0) is 68.1 Å². The van der Waals surface area contributed by atoms with Gasteiger partial charge >= 0.3 is 6.09 Å². The molecule has 0 aliphatic carbocycles. The third kappa shape index (κ3) is 6.98. The first-order valence-electron chi connectivity index (χ1n) is 14.8. The van der Waals surface area contributed by atoms with Crippen LogP contribution in [0.25, 0.3) is 0 Å². The normalized spacial score (nSPS) is 16.8. The Balaban J connectivity index is 1.62. The van der Waals surface area contributed by atoms with Crippen molar-refractivity contribution in [3.8, 4) is 11.8 Å². The number of benzene rings is 3. The van der Waals surface area contributed by atoms with Crippen LogP contribution in [0, 0.1) is 11.8 Å². The topological polar surface area (TPSA) is 48.0 Å². The largest absolute Gasteiger partial charge is 0.449 e. The van der Waals surface area contributed by atoms with Crippen LogP contribution in [0.5, 0.6) is 0 Å². The summed E-state index contributed by atoms with van der Waals surface area (Å²) in [4.78, 5) is 14.8. The van der Waals surface area contributed by atoms with E-state index in [2.05, 4.69) is 81.1 Å². The molecule has 3 aromatic carbocycles. The number of ether oxygens (including phenoxy) is 2. The van der Waals surface area contributed by atoms with Crippen LogP contribution in [0.3, 0.4) is 0 Å². The van der Waals surface area contributed by atoms with Gasteiger partial charge in [0.25, 0.3) is 8.32 Å². The Bertz CT molecular complexity index is 1320. The summed E-state index contributed by atoms with van der Waals surface area (Å²) in [7, 11) is -2.83. The van der Waals surface area contributed by atoms with Gasteiger partial charge in [0, 0.05) is 5.56 Å². The first kappa shape index (κ1) is 31.6. The Hall–Kier alpha value is -3.37. The number of hydrogen-bond donors (Lipinski definition) is 0. The average Bonchev–Trinajstić information content (AvgIpc) is 3.19. The summed E-state index contributed by atoms with van der Waals surface area (Å²) in [6.45, 7) is 15.3. The standard InChI is InChI=1S/C36H45NO4Si/c1-34(2,3)42(31-21-13-9-14-22-31,32-23-15-10-16-24-32)41-30(26-25-29-18-11-8-12-19-29)20-17-27-39-33(38)37-35(4,5)28-40-36(37,6)7/h8-16,18-19,21-24,30H,17,20,27-28H2,1-7H3/t30-/m0/s1. The van der Waals surface area contributed by atoms with Gasteiger partial charge in [0.05, 0.1) is 18.8 Å². The van der Waals surface area contributed by atoms with Crippen molar-refractivity contribution in [3.05, 3.63) is 96.6 Å². The van der Waals surface area contributed by atoms with E-state index < -0.39 is 19.6 Å². The van der Waals surface area contributed by atoms with Crippen molar-refractivity contribution in [3.63, 3.8) is 0 Å². The highest BCUT2D eigenvalue weighted by Gasteiger charge is 2.52. The predicted octanol–water partition coefficient (Wildman–Crippen LogP) is 6.75. The second kappa shape index (κ2) is 12.9. The van der Waals surface area contributed by atoms with Crippen molar-refractivity contribution >= 4 is 24.8 Å². The summed E-state index contributed by atoms with van der Waals surface area (Å²) >= 11 is 0. The molecule has 1 aliphatic heterocycles. The lowest BCUT2D eigenvalue weighted by molar-refractivity contribution is -0.0520. The predicted molar refractivity (Wildman–Crippen MR) is 172 cm³/mol. The van der Waals surface area contributed by atoms with Crippen molar-refractivity contribution < 1.29 is 18.7 Å². The smallest absolute Gasteiger partial charge is 0.412 e. The molecular weight excluding hydrogens is 538 g/mol. The molecule has 1 atom stereocenters. The highest BCUT2D eigenvalue weighted by atomic mass is 28.4. The molecule has 0 radical (unpaired) electrons. The molecule has 4 rings (SSSR count). The molecule has 1 aliphatic rings. The summed E-state index contributed by atoms with van der Waals surface area (Å²) in [6.07, 6.45) is 0.523. The molecule has 1 heterocycles. The van der Waals surface area contributed by atoms with Gasteiger partial charge < -0.3 is 13.9 Å². The van der Waals surface area contributed by atoms with Gasteiger partial charge in [0.2, 0.25) is 0 Å². The highest BCUT2D eigenvalue weighted by molar-refractivity contribution is 6.99. The minimum atomic E-state index is -2.83. The van der Waals surface area contributed by atoms with E-state index in [4.69, 9.17) is 13.9 Å². The monoisotopic (exact) mass is 583 g/mol. The lowest BCUT2D eigenvalue weighted by atomic mass is 10.0. The summed E-state index contributed by atoms with van der Waals surface area (Å²) in [6, 6.07) is 31.2. The SMILES string of the molecule is CC1(C)COC(C)(C)N1C(=O)OCCC[C@@H](C#Cc1ccccc1)O[Si](c1ccccc1)(c1ccccc1)C(C)(C)C. The Kier molecular flexibility index (Phi) is 9.67. The fourth-order valence-corrected chi connectivity index (χ4v) is 10.5. The van der Waals surface area contributed by atoms with Crippen LogP contribution in [0.2, 0.25) is 5.04 Å². The molecule has 0 N–H and O–H groups in total. The minimum Gasteiger partial charge on any atom is -0.449 e. The molecular formula is C36H45NO4Si. The van der Waals surface area contributed by atoms with Gasteiger partial charge in [-0.3, -0.25) is 4.90 Å². The van der Waals surface area contributed by atoms with Crippen LogP contribution in [0.4, 0.5) is 4.79 Å². The van der Waals surface area contributed by atoms with Crippen LogP contribution in [-0.2, 0) is 13.9 Å². The van der Waals surface area contributed by atoms with E-state index in [1.807, 2.05) is 70.2 Å². The van der Waals surface area contributed by atoms with E-state index in [1.54, 1.807) is 4.90 Å². The fraction of sp³-hybridized carbons (Fsp3) is 0.417. The maximum Gasteiger partial charge on any atom is 0.412 e. The van der Waals surface area contributed by atoms with Crippen molar-refractivity contribution in [2.45, 2.75) is 83.7 Å². The summed E-state index contributed by atoms with van der Waals surface area (Å²) in [5.74, 6) is 6.82. The molecule has 0 aromatic heterocycles. The van der Waals surface area contributed by atoms with Crippen molar-refractivity contribution in [1.29, 1.82) is 0 Å². The maximum atomic E-state index is 13.1. The molecule has 1 saturated heterocycles. The van der Waals surface area contributed by atoms with Gasteiger partial charge in [0.1, 0.15) is 11.8 Å². The molecule has 42 heavy (non-hydrogen) atoms. The number of rotatable bonds is 8. The molecule has 1 amide bonds. The Morgan fingerprint density at radius 3 is 1.90 bits per heavy atom. The van der Waals surface area contributed by atoms with E-state index in [-0.39, 0.29) is 23.8 Å². The molecule has 3 aromatic rings. The Morgan fingerprint density at radius 2 is 1.43 bits per heavy atom. The number of hydrogen-bond acceptors (Lipinski definition) is 4. The number of nitrogens with zero attached hydrogens (tertiary/aromatic N) is 1. The molecule has 0 saturated carbocycles. The average molecular weight is 584 g/mol. The van der Waals surface area contributed by atoms with Crippen LogP contribution < -0.4 is 10.4 Å². The summed E-state index contributed by atoms with van der Waals surface area (Å²) in [5, 5.41) is 2.24. The van der Waals surface area contributed by atoms with E-state index in [0.717, 1.165) is 5.56 Å². The highest BCUT2D eigenvalue weighted by Crippen LogP contribution is 2.38. The number of amides is 1. The zero-order valence-corrected chi connectivity index (χ0v) is 27.1. The summed E-state index contributed by atoms with van der Waals surface area (Å²) in [5.41, 5.74) is -0.202. The quantitative estimate of drug-likeness (QED) is 0.167. The molecule has 6 heteroatoms. The van der Waals surface area contributed by atoms with Crippen molar-refractivity contribution in [1.82, 2.24) is 4.90 Å². The van der Waals surface area contributed by atoms with Gasteiger partial charge in [-0.15, -0.1) is 0 Å². The molecule has 1 fully saturated rings. The van der Waals surface area contributed by atoms with E-state index >= 15 is 0 Å². The Labute approximate surface area is 253 Å². The van der Waals surface area contributed by atoms with Gasteiger partial charge in [-0.1, -0.05) is 111 Å². The van der Waals surface area contributed by atoms with E-state index in [0.29, 0.717) is 19.4 Å². The zero-order chi connectivity index (χ0) is 30.4. The first-order valence-corrected chi connectivity index (χ1v) is 16.7. The number of carbonyl (C=O) groups excluding carboxylic acids is 1. The third-order valence-corrected chi connectivity index (χ3v) is 12.9. The zero-order valence-electron chi connectivity index (χ0n) is 26.1. The molecule has 0 unspecified atom stereocenters. The van der Waals surface area contributed by atoms with Crippen LogP contribution in [-0.4, -0.2) is 49.9 Å². The number of carbonyl (C=O) groups is 1. The summed E-state index contributed by atoms with van der Waals surface area (Å²) < 4.78 is 19.0. The van der Waals surface area contributed by atoms with Crippen LogP contribution >= 0.6 is 0 Å². The van der Waals surface area contributed by atoms with Crippen molar-refractivity contribution in [2.75, 3.05) is 13.2 Å². The van der Waals surface area contributed by atoms with E-state index in [1.165, 1.54) is 10.4 Å². The molecule has 222 valence electrons. The van der Waals surface area contributed by atoms with Gasteiger partial charge in [0.15, 0.2) is 0 Å². The first-order chi connectivity index (χ1) is 19.9. The second-order valence-corrected chi connectivity index (χ2v) is 17.3. The Morgan fingerprint density at radius 1 is 0.905 bits per heavy atom. The van der Waals surface area contributed by atoms with Crippen molar-refractivity contribution in [2.24, 2.45) is 0 Å². The fourth-order valence-electron chi connectivity index (χ4n) is 5.92. The maximum absolute atomic E-state index is 13.1. The minimum absolute atomic E-state index is 0.179. The van der Waals surface area contributed by atoms with Gasteiger partial charge in [-0.25, -0.2) is 4.79 Å². The van der Waals surface area contributed by atoms with Crippen LogP contribution in [0.15, 0.2) is 91.0 Å². The second-order valence-electron chi connectivity index (χ2n) is 13.0. The molecule has 5 nitrogen and oxygen atoms in total. The third-order valence-electron chi connectivity index (χ3n) is 7.83.